The van der Waals surface area contributed by atoms with Crippen molar-refractivity contribution in [1.82, 2.24) is 5.32 Å². The Labute approximate surface area is 149 Å². The summed E-state index contributed by atoms with van der Waals surface area (Å²) in [6.07, 6.45) is 1.12. The molecular formula is C18H19NO5S. The third kappa shape index (κ3) is 8.05. The number of hydrogen-bond donors (Lipinski definition) is 4. The lowest BCUT2D eigenvalue weighted by Crippen LogP contribution is -2.05. The molecule has 0 aromatic heterocycles. The normalized spacial score (nSPS) is 10.1. The second-order valence-corrected chi connectivity index (χ2v) is 5.80. The van der Waals surface area contributed by atoms with Crippen LogP contribution in [0.3, 0.4) is 0 Å². The van der Waals surface area contributed by atoms with Crippen LogP contribution in [0.1, 0.15) is 5.56 Å². The number of nitrogens with one attached hydrogen (secondary N) is 1. The molecule has 132 valence electrons. The molecule has 0 aliphatic heterocycles. The van der Waals surface area contributed by atoms with E-state index in [9.17, 15) is 14.7 Å². The van der Waals surface area contributed by atoms with Gasteiger partial charge in [0.05, 0.1) is 4.90 Å². The van der Waals surface area contributed by atoms with Gasteiger partial charge < -0.3 is 20.6 Å². The van der Waals surface area contributed by atoms with Gasteiger partial charge in [-0.3, -0.25) is 0 Å². The highest BCUT2D eigenvalue weighted by Gasteiger charge is 2.06. The van der Waals surface area contributed by atoms with E-state index in [2.05, 4.69) is 17.4 Å². The molecule has 25 heavy (non-hydrogen) atoms. The predicted octanol–water partition coefficient (Wildman–Crippen LogP) is 2.97. The number of carboxylic acid groups (broad SMARTS) is 2. The monoisotopic (exact) mass is 361 g/mol. The summed E-state index contributed by atoms with van der Waals surface area (Å²) in [6, 6.07) is 15.6. The summed E-state index contributed by atoms with van der Waals surface area (Å²) < 4.78 is 0. The molecule has 0 heterocycles. The molecule has 0 atom stereocenters. The first-order chi connectivity index (χ1) is 11.9. The molecule has 2 rings (SSSR count). The molecule has 0 spiro atoms. The highest BCUT2D eigenvalue weighted by atomic mass is 32.2. The molecule has 2 aromatic rings. The quantitative estimate of drug-likeness (QED) is 0.586. The second-order valence-electron chi connectivity index (χ2n) is 4.72. The Balaban J connectivity index is 0.000000333. The molecule has 0 saturated carbocycles. The Hall–Kier alpha value is -2.77. The lowest BCUT2D eigenvalue weighted by atomic mass is 10.2. The Morgan fingerprint density at radius 1 is 0.960 bits per heavy atom. The lowest BCUT2D eigenvalue weighted by Gasteiger charge is -2.09. The summed E-state index contributed by atoms with van der Waals surface area (Å²) in [5.74, 6) is -2.18. The summed E-state index contributed by atoms with van der Waals surface area (Å²) in [7, 11) is 1.93. The van der Waals surface area contributed by atoms with Crippen molar-refractivity contribution < 1.29 is 24.9 Å². The number of aliphatic carboxylic acids is 2. The van der Waals surface area contributed by atoms with Gasteiger partial charge in [-0.1, -0.05) is 42.1 Å². The number of phenolic OH excluding ortho intramolecular Hbond substituents is 1. The van der Waals surface area contributed by atoms with Gasteiger partial charge in [0.15, 0.2) is 0 Å². The van der Waals surface area contributed by atoms with Crippen LogP contribution >= 0.6 is 11.8 Å². The van der Waals surface area contributed by atoms with Gasteiger partial charge in [-0.15, -0.1) is 0 Å². The van der Waals surface area contributed by atoms with E-state index in [1.807, 2.05) is 37.4 Å². The van der Waals surface area contributed by atoms with Crippen molar-refractivity contribution in [3.8, 4) is 5.75 Å². The van der Waals surface area contributed by atoms with E-state index in [4.69, 9.17) is 10.2 Å². The number of hydrogen-bond acceptors (Lipinski definition) is 5. The Morgan fingerprint density at radius 2 is 1.48 bits per heavy atom. The third-order valence-electron chi connectivity index (χ3n) is 2.79. The maximum absolute atomic E-state index is 9.76. The van der Waals surface area contributed by atoms with Crippen molar-refractivity contribution in [3.05, 3.63) is 66.2 Å². The van der Waals surface area contributed by atoms with Crippen LogP contribution < -0.4 is 5.32 Å². The average Bonchev–Trinajstić information content (AvgIpc) is 2.58. The molecule has 0 aliphatic carbocycles. The van der Waals surface area contributed by atoms with Crippen molar-refractivity contribution in [3.63, 3.8) is 0 Å². The van der Waals surface area contributed by atoms with E-state index < -0.39 is 11.9 Å². The summed E-state index contributed by atoms with van der Waals surface area (Å²) in [6.45, 7) is 0.830. The average molecular weight is 361 g/mol. The molecule has 0 saturated heterocycles. The number of aromatic hydroxyl groups is 1. The Kier molecular flexibility index (Phi) is 8.84. The van der Waals surface area contributed by atoms with Gasteiger partial charge in [-0.2, -0.15) is 0 Å². The van der Waals surface area contributed by atoms with Crippen molar-refractivity contribution in [2.24, 2.45) is 0 Å². The van der Waals surface area contributed by atoms with Gasteiger partial charge in [-0.25, -0.2) is 9.59 Å². The van der Waals surface area contributed by atoms with E-state index in [1.165, 1.54) is 10.5 Å². The van der Waals surface area contributed by atoms with Gasteiger partial charge in [0.25, 0.3) is 0 Å². The van der Waals surface area contributed by atoms with Crippen LogP contribution in [0.25, 0.3) is 0 Å². The zero-order chi connectivity index (χ0) is 18.7. The van der Waals surface area contributed by atoms with E-state index in [1.54, 1.807) is 17.8 Å². The largest absolute Gasteiger partial charge is 0.507 e. The SMILES string of the molecule is CNCc1ccccc1Sc1ccccc1O.O=C(O)/C=C/C(=O)O. The minimum absolute atomic E-state index is 0.330. The standard InChI is InChI=1S/C14H15NOS.C4H4O4/c1-15-10-11-6-2-4-8-13(11)17-14-9-5-3-7-12(14)16;5-3(6)1-2-4(7)8/h2-9,15-16H,10H2,1H3;1-2H,(H,5,6)(H,7,8)/b;2-1+. The minimum Gasteiger partial charge on any atom is -0.507 e. The molecule has 6 nitrogen and oxygen atoms in total. The molecule has 0 unspecified atom stereocenters. The van der Waals surface area contributed by atoms with Crippen LogP contribution in [-0.4, -0.2) is 34.3 Å². The molecule has 2 aromatic carbocycles. The number of carboxylic acids is 2. The molecule has 0 aliphatic rings. The fourth-order valence-corrected chi connectivity index (χ4v) is 2.72. The zero-order valence-corrected chi connectivity index (χ0v) is 14.4. The maximum Gasteiger partial charge on any atom is 0.328 e. The van der Waals surface area contributed by atoms with E-state index in [-0.39, 0.29) is 0 Å². The van der Waals surface area contributed by atoms with Crippen LogP contribution in [0.5, 0.6) is 5.75 Å². The van der Waals surface area contributed by atoms with Crippen molar-refractivity contribution in [2.75, 3.05) is 7.05 Å². The van der Waals surface area contributed by atoms with E-state index in [0.717, 1.165) is 11.4 Å². The van der Waals surface area contributed by atoms with Crippen molar-refractivity contribution in [2.45, 2.75) is 16.3 Å². The fraction of sp³-hybridized carbons (Fsp3) is 0.111. The van der Waals surface area contributed by atoms with Crippen molar-refractivity contribution >= 4 is 23.7 Å². The topological polar surface area (TPSA) is 107 Å². The molecule has 0 radical (unpaired) electrons. The maximum atomic E-state index is 9.76. The van der Waals surface area contributed by atoms with Gasteiger partial charge in [-0.05, 0) is 30.8 Å². The van der Waals surface area contributed by atoms with Crippen molar-refractivity contribution in [1.29, 1.82) is 0 Å². The van der Waals surface area contributed by atoms with Crippen LogP contribution in [0.2, 0.25) is 0 Å². The number of benzene rings is 2. The first-order valence-corrected chi connectivity index (χ1v) is 8.08. The third-order valence-corrected chi connectivity index (χ3v) is 3.98. The minimum atomic E-state index is -1.26. The van der Waals surface area contributed by atoms with Gasteiger partial charge >= 0.3 is 11.9 Å². The molecular weight excluding hydrogens is 342 g/mol. The van der Waals surface area contributed by atoms with E-state index >= 15 is 0 Å². The van der Waals surface area contributed by atoms with Crippen LogP contribution in [0.15, 0.2) is 70.5 Å². The first kappa shape index (κ1) is 20.3. The lowest BCUT2D eigenvalue weighted by molar-refractivity contribution is -0.134. The second kappa shape index (κ2) is 10.9. The Morgan fingerprint density at radius 3 is 2.00 bits per heavy atom. The zero-order valence-electron chi connectivity index (χ0n) is 13.5. The fourth-order valence-electron chi connectivity index (χ4n) is 1.74. The molecule has 0 amide bonds. The van der Waals surface area contributed by atoms with Crippen LogP contribution in [0, 0.1) is 0 Å². The molecule has 4 N–H and O–H groups in total. The number of para-hydroxylation sites is 1. The molecule has 7 heteroatoms. The Bertz CT molecular complexity index is 730. The smallest absolute Gasteiger partial charge is 0.328 e. The molecule has 0 fully saturated rings. The summed E-state index contributed by atoms with van der Waals surface area (Å²) in [4.78, 5) is 21.2. The summed E-state index contributed by atoms with van der Waals surface area (Å²) >= 11 is 1.59. The summed E-state index contributed by atoms with van der Waals surface area (Å²) in [5.41, 5.74) is 1.24. The molecule has 0 bridgehead atoms. The predicted molar refractivity (Wildman–Crippen MR) is 95.8 cm³/mol. The first-order valence-electron chi connectivity index (χ1n) is 7.26. The highest BCUT2D eigenvalue weighted by Crippen LogP contribution is 2.35. The van der Waals surface area contributed by atoms with Gasteiger partial charge in [0, 0.05) is 23.6 Å². The number of carbonyl (C=O) groups is 2. The van der Waals surface area contributed by atoms with E-state index in [0.29, 0.717) is 17.9 Å². The van der Waals surface area contributed by atoms with Crippen LogP contribution in [0.4, 0.5) is 0 Å². The summed E-state index contributed by atoms with van der Waals surface area (Å²) in [5, 5.41) is 28.5. The number of phenols is 1. The van der Waals surface area contributed by atoms with Crippen LogP contribution in [-0.2, 0) is 16.1 Å². The number of rotatable bonds is 6. The van der Waals surface area contributed by atoms with Gasteiger partial charge in [0.2, 0.25) is 0 Å². The van der Waals surface area contributed by atoms with Gasteiger partial charge in [0.1, 0.15) is 5.75 Å². The highest BCUT2D eigenvalue weighted by molar-refractivity contribution is 7.99.